The average molecular weight is 366 g/mol. The first-order valence-corrected chi connectivity index (χ1v) is 9.43. The summed E-state index contributed by atoms with van der Waals surface area (Å²) in [6.07, 6.45) is 0. The Labute approximate surface area is 140 Å². The standard InChI is InChI=1S/C14H20ClNO4S2/c1-14(2,3)21-8-7-16-22(18,19)10-5-6-12(15)11(9-10)13(17)20-4/h5-6,9,16H,7-8H2,1-4H3. The molecule has 0 fully saturated rings. The Bertz CT molecular complexity index is 639. The molecule has 0 aliphatic carbocycles. The van der Waals surface area contributed by atoms with Crippen molar-refractivity contribution in [1.82, 2.24) is 4.72 Å². The number of halogens is 1. The van der Waals surface area contributed by atoms with Crippen molar-refractivity contribution in [2.24, 2.45) is 0 Å². The first-order chi connectivity index (χ1) is 10.1. The number of sulfonamides is 1. The van der Waals surface area contributed by atoms with Gasteiger partial charge in [0.05, 0.1) is 22.6 Å². The number of hydrogen-bond donors (Lipinski definition) is 1. The summed E-state index contributed by atoms with van der Waals surface area (Å²) in [6, 6.07) is 3.94. The molecule has 1 aromatic rings. The van der Waals surface area contributed by atoms with Crippen LogP contribution in [0.25, 0.3) is 0 Å². The van der Waals surface area contributed by atoms with Crippen molar-refractivity contribution in [1.29, 1.82) is 0 Å². The van der Waals surface area contributed by atoms with Crippen LogP contribution >= 0.6 is 23.4 Å². The molecule has 1 N–H and O–H groups in total. The Morgan fingerprint density at radius 1 is 1.36 bits per heavy atom. The monoisotopic (exact) mass is 365 g/mol. The van der Waals surface area contributed by atoms with Crippen molar-refractivity contribution in [2.75, 3.05) is 19.4 Å². The largest absolute Gasteiger partial charge is 0.465 e. The second kappa shape index (κ2) is 7.68. The summed E-state index contributed by atoms with van der Waals surface area (Å²) in [5.74, 6) is -0.0227. The van der Waals surface area contributed by atoms with Gasteiger partial charge in [0, 0.05) is 17.0 Å². The van der Waals surface area contributed by atoms with Gasteiger partial charge in [-0.25, -0.2) is 17.9 Å². The fraction of sp³-hybridized carbons (Fsp3) is 0.500. The van der Waals surface area contributed by atoms with E-state index >= 15 is 0 Å². The van der Waals surface area contributed by atoms with E-state index in [1.807, 2.05) is 0 Å². The first-order valence-electron chi connectivity index (χ1n) is 6.58. The molecule has 0 aromatic heterocycles. The summed E-state index contributed by atoms with van der Waals surface area (Å²) in [5, 5.41) is 0.147. The van der Waals surface area contributed by atoms with Crippen LogP contribution in [0.5, 0.6) is 0 Å². The van der Waals surface area contributed by atoms with Crippen LogP contribution in [-0.4, -0.2) is 38.5 Å². The zero-order valence-electron chi connectivity index (χ0n) is 13.0. The van der Waals surface area contributed by atoms with Crippen LogP contribution in [-0.2, 0) is 14.8 Å². The molecule has 5 nitrogen and oxygen atoms in total. The SMILES string of the molecule is COC(=O)c1cc(S(=O)(=O)NCCSC(C)(C)C)ccc1Cl. The molecule has 0 aliphatic rings. The predicted molar refractivity (Wildman–Crippen MR) is 90.2 cm³/mol. The smallest absolute Gasteiger partial charge is 0.339 e. The van der Waals surface area contributed by atoms with Crippen LogP contribution in [0.1, 0.15) is 31.1 Å². The van der Waals surface area contributed by atoms with Gasteiger partial charge in [-0.1, -0.05) is 32.4 Å². The average Bonchev–Trinajstić information content (AvgIpc) is 2.42. The van der Waals surface area contributed by atoms with Crippen LogP contribution in [0.4, 0.5) is 0 Å². The third kappa shape index (κ3) is 5.79. The Kier molecular flexibility index (Phi) is 6.73. The summed E-state index contributed by atoms with van der Waals surface area (Å²) in [6.45, 7) is 6.50. The van der Waals surface area contributed by atoms with E-state index in [2.05, 4.69) is 30.2 Å². The van der Waals surface area contributed by atoms with Gasteiger partial charge in [0.15, 0.2) is 0 Å². The minimum Gasteiger partial charge on any atom is -0.465 e. The van der Waals surface area contributed by atoms with E-state index in [1.165, 1.54) is 25.3 Å². The Morgan fingerprint density at radius 2 is 2.00 bits per heavy atom. The Balaban J connectivity index is 2.83. The lowest BCUT2D eigenvalue weighted by atomic mass is 10.2. The molecule has 0 radical (unpaired) electrons. The lowest BCUT2D eigenvalue weighted by Crippen LogP contribution is -2.27. The number of methoxy groups -OCH3 is 1. The minimum absolute atomic E-state index is 0.0157. The summed E-state index contributed by atoms with van der Waals surface area (Å²) in [7, 11) is -2.48. The van der Waals surface area contributed by atoms with Gasteiger partial charge < -0.3 is 4.74 Å². The van der Waals surface area contributed by atoms with Gasteiger partial charge in [0.2, 0.25) is 10.0 Å². The minimum atomic E-state index is -3.69. The molecule has 22 heavy (non-hydrogen) atoms. The highest BCUT2D eigenvalue weighted by Crippen LogP contribution is 2.23. The van der Waals surface area contributed by atoms with E-state index < -0.39 is 16.0 Å². The molecule has 0 atom stereocenters. The van der Waals surface area contributed by atoms with Gasteiger partial charge in [0.25, 0.3) is 0 Å². The fourth-order valence-corrected chi connectivity index (χ4v) is 3.75. The van der Waals surface area contributed by atoms with Crippen molar-refractivity contribution in [3.63, 3.8) is 0 Å². The van der Waals surface area contributed by atoms with E-state index in [4.69, 9.17) is 11.6 Å². The molecule has 0 unspecified atom stereocenters. The molecule has 1 rings (SSSR count). The number of hydrogen-bond acceptors (Lipinski definition) is 5. The quantitative estimate of drug-likeness (QED) is 0.619. The molecular weight excluding hydrogens is 346 g/mol. The maximum Gasteiger partial charge on any atom is 0.339 e. The van der Waals surface area contributed by atoms with Crippen molar-refractivity contribution in [2.45, 2.75) is 30.4 Å². The van der Waals surface area contributed by atoms with Crippen molar-refractivity contribution in [3.8, 4) is 0 Å². The van der Waals surface area contributed by atoms with Crippen molar-refractivity contribution >= 4 is 39.4 Å². The Morgan fingerprint density at radius 3 is 2.55 bits per heavy atom. The molecule has 0 amide bonds. The highest BCUT2D eigenvalue weighted by Gasteiger charge is 2.19. The molecule has 0 heterocycles. The number of thioether (sulfide) groups is 1. The second-order valence-corrected chi connectivity index (χ2v) is 9.59. The first kappa shape index (κ1) is 19.3. The highest BCUT2D eigenvalue weighted by molar-refractivity contribution is 8.00. The van der Waals surface area contributed by atoms with Crippen LogP contribution in [0.3, 0.4) is 0 Å². The van der Waals surface area contributed by atoms with Gasteiger partial charge in [0.1, 0.15) is 0 Å². The number of nitrogens with one attached hydrogen (secondary N) is 1. The van der Waals surface area contributed by atoms with Crippen LogP contribution in [0.15, 0.2) is 23.1 Å². The van der Waals surface area contributed by atoms with Gasteiger partial charge in [-0.3, -0.25) is 0 Å². The van der Waals surface area contributed by atoms with Gasteiger partial charge in [-0.15, -0.1) is 0 Å². The molecular formula is C14H20ClNO4S2. The topological polar surface area (TPSA) is 72.5 Å². The van der Waals surface area contributed by atoms with E-state index in [0.29, 0.717) is 12.3 Å². The molecule has 0 spiro atoms. The number of ether oxygens (including phenoxy) is 1. The zero-order chi connectivity index (χ0) is 17.0. The fourth-order valence-electron chi connectivity index (χ4n) is 1.55. The molecule has 0 aliphatic heterocycles. The third-order valence-electron chi connectivity index (χ3n) is 2.58. The number of carbonyl (C=O) groups excluding carboxylic acids is 1. The number of esters is 1. The van der Waals surface area contributed by atoms with E-state index in [0.717, 1.165) is 0 Å². The summed E-state index contributed by atoms with van der Waals surface area (Å²) < 4.78 is 31.6. The maximum atomic E-state index is 12.2. The summed E-state index contributed by atoms with van der Waals surface area (Å²) in [5.41, 5.74) is 0.0242. The Hall–Kier alpha value is -0.760. The zero-order valence-corrected chi connectivity index (χ0v) is 15.4. The van der Waals surface area contributed by atoms with Gasteiger partial charge in [-0.05, 0) is 18.2 Å². The molecule has 1 aromatic carbocycles. The van der Waals surface area contributed by atoms with Crippen LogP contribution in [0.2, 0.25) is 5.02 Å². The van der Waals surface area contributed by atoms with E-state index in [-0.39, 0.29) is 20.2 Å². The molecule has 0 bridgehead atoms. The predicted octanol–water partition coefficient (Wildman–Crippen LogP) is 2.94. The van der Waals surface area contributed by atoms with Crippen LogP contribution in [0, 0.1) is 0 Å². The van der Waals surface area contributed by atoms with E-state index in [1.54, 1.807) is 11.8 Å². The molecule has 124 valence electrons. The van der Waals surface area contributed by atoms with Crippen molar-refractivity contribution < 1.29 is 17.9 Å². The van der Waals surface area contributed by atoms with Gasteiger partial charge >= 0.3 is 5.97 Å². The van der Waals surface area contributed by atoms with E-state index in [9.17, 15) is 13.2 Å². The summed E-state index contributed by atoms with van der Waals surface area (Å²) >= 11 is 7.54. The maximum absolute atomic E-state index is 12.2. The highest BCUT2D eigenvalue weighted by atomic mass is 35.5. The lowest BCUT2D eigenvalue weighted by molar-refractivity contribution is 0.0600. The molecule has 8 heteroatoms. The number of carbonyl (C=O) groups is 1. The second-order valence-electron chi connectivity index (χ2n) is 5.49. The number of benzene rings is 1. The molecule has 0 saturated carbocycles. The summed E-state index contributed by atoms with van der Waals surface area (Å²) in [4.78, 5) is 11.5. The third-order valence-corrected chi connectivity index (χ3v) is 5.65. The normalized spacial score (nSPS) is 12.2. The van der Waals surface area contributed by atoms with Crippen LogP contribution < -0.4 is 4.72 Å². The van der Waals surface area contributed by atoms with Crippen molar-refractivity contribution in [3.05, 3.63) is 28.8 Å². The molecule has 0 saturated heterocycles. The van der Waals surface area contributed by atoms with Gasteiger partial charge in [-0.2, -0.15) is 11.8 Å². The number of rotatable bonds is 6. The lowest BCUT2D eigenvalue weighted by Gasteiger charge is -2.17.